The van der Waals surface area contributed by atoms with Crippen LogP contribution in [0.1, 0.15) is 36.2 Å². The van der Waals surface area contributed by atoms with Crippen molar-refractivity contribution >= 4 is 28.9 Å². The average Bonchev–Trinajstić information content (AvgIpc) is 2.78. The van der Waals surface area contributed by atoms with Gasteiger partial charge in [0.25, 0.3) is 5.91 Å². The van der Waals surface area contributed by atoms with Crippen LogP contribution in [-0.4, -0.2) is 17.1 Å². The Bertz CT molecular complexity index is 1020. The molecule has 6 heteroatoms. The van der Waals surface area contributed by atoms with Gasteiger partial charge in [0.2, 0.25) is 0 Å². The lowest BCUT2D eigenvalue weighted by Gasteiger charge is -2.14. The van der Waals surface area contributed by atoms with Gasteiger partial charge in [-0.05, 0) is 61.5 Å². The number of anilines is 1. The summed E-state index contributed by atoms with van der Waals surface area (Å²) in [6.07, 6.45) is 0.968. The third-order valence-electron chi connectivity index (χ3n) is 4.58. The Balaban J connectivity index is 1.55. The molecule has 0 aliphatic heterocycles. The highest BCUT2D eigenvalue weighted by atomic mass is 32.1. The molecule has 0 saturated heterocycles. The highest BCUT2D eigenvalue weighted by molar-refractivity contribution is 7.80. The van der Waals surface area contributed by atoms with Crippen molar-refractivity contribution in [3.05, 3.63) is 90.0 Å². The largest absolute Gasteiger partial charge is 0.491 e. The van der Waals surface area contributed by atoms with Crippen LogP contribution >= 0.6 is 12.2 Å². The second kappa shape index (κ2) is 11.1. The molecule has 3 aromatic rings. The Hall–Kier alpha value is -3.38. The molecular weight excluding hydrogens is 408 g/mol. The van der Waals surface area contributed by atoms with E-state index in [1.165, 1.54) is 0 Å². The molecule has 0 heterocycles. The number of hydrogen-bond acceptors (Lipinski definition) is 4. The van der Waals surface area contributed by atoms with Gasteiger partial charge in [-0.15, -0.1) is 0 Å². The fraction of sp³-hybridized carbons (Fsp3) is 0.200. The quantitative estimate of drug-likeness (QED) is 0.454. The molecule has 0 aliphatic carbocycles. The van der Waals surface area contributed by atoms with Crippen molar-refractivity contribution in [1.82, 2.24) is 5.32 Å². The molecule has 0 bridgehead atoms. The van der Waals surface area contributed by atoms with E-state index in [-0.39, 0.29) is 17.1 Å². The van der Waals surface area contributed by atoms with E-state index in [1.807, 2.05) is 74.5 Å². The molecule has 0 aromatic heterocycles. The first-order valence-corrected chi connectivity index (χ1v) is 10.6. The zero-order valence-electron chi connectivity index (χ0n) is 17.6. The molecular formula is C25H26N2O3S. The van der Waals surface area contributed by atoms with E-state index in [9.17, 15) is 4.79 Å². The summed E-state index contributed by atoms with van der Waals surface area (Å²) in [7, 11) is 0. The third-order valence-corrected chi connectivity index (χ3v) is 4.78. The Kier molecular flexibility index (Phi) is 8.01. The van der Waals surface area contributed by atoms with Gasteiger partial charge < -0.3 is 14.8 Å². The zero-order chi connectivity index (χ0) is 22.1. The van der Waals surface area contributed by atoms with E-state index < -0.39 is 0 Å². The Morgan fingerprint density at radius 3 is 2.48 bits per heavy atom. The second-order valence-corrected chi connectivity index (χ2v) is 7.48. The molecule has 0 aliphatic rings. The number of carbonyl (C=O) groups is 1. The molecule has 160 valence electrons. The van der Waals surface area contributed by atoms with E-state index in [2.05, 4.69) is 10.6 Å². The van der Waals surface area contributed by atoms with Gasteiger partial charge in [0.15, 0.2) is 5.11 Å². The maximum Gasteiger partial charge on any atom is 0.257 e. The summed E-state index contributed by atoms with van der Waals surface area (Å²) in [6, 6.07) is 24.4. The van der Waals surface area contributed by atoms with Crippen molar-refractivity contribution in [2.45, 2.75) is 33.0 Å². The Morgan fingerprint density at radius 2 is 1.71 bits per heavy atom. The molecule has 0 saturated carbocycles. The predicted molar refractivity (Wildman–Crippen MR) is 128 cm³/mol. The van der Waals surface area contributed by atoms with Crippen LogP contribution in [0.5, 0.6) is 11.5 Å². The molecule has 0 spiro atoms. The SMILES string of the molecule is CCC(C)Oc1cccc(C(=O)NC(=S)Nc2cccc(OCc3ccccc3)c2)c1. The van der Waals surface area contributed by atoms with Gasteiger partial charge >= 0.3 is 0 Å². The lowest BCUT2D eigenvalue weighted by atomic mass is 10.2. The smallest absolute Gasteiger partial charge is 0.257 e. The third kappa shape index (κ3) is 7.12. The van der Waals surface area contributed by atoms with Gasteiger partial charge in [-0.3, -0.25) is 10.1 Å². The molecule has 1 amide bonds. The first-order chi connectivity index (χ1) is 15.0. The lowest BCUT2D eigenvalue weighted by Crippen LogP contribution is -2.34. The molecule has 1 unspecified atom stereocenters. The summed E-state index contributed by atoms with van der Waals surface area (Å²) in [5.41, 5.74) is 2.29. The number of thiocarbonyl (C=S) groups is 1. The van der Waals surface area contributed by atoms with Gasteiger partial charge in [-0.25, -0.2) is 0 Å². The van der Waals surface area contributed by atoms with Crippen LogP contribution in [0.2, 0.25) is 0 Å². The van der Waals surface area contributed by atoms with Crippen molar-refractivity contribution in [3.8, 4) is 11.5 Å². The number of amides is 1. The summed E-state index contributed by atoms with van der Waals surface area (Å²) in [5, 5.41) is 5.93. The average molecular weight is 435 g/mol. The van der Waals surface area contributed by atoms with Gasteiger partial charge in [-0.1, -0.05) is 49.4 Å². The van der Waals surface area contributed by atoms with E-state index in [1.54, 1.807) is 18.2 Å². The minimum Gasteiger partial charge on any atom is -0.491 e. The van der Waals surface area contributed by atoms with Gasteiger partial charge in [0.1, 0.15) is 18.1 Å². The molecule has 0 fully saturated rings. The van der Waals surface area contributed by atoms with Crippen molar-refractivity contribution in [3.63, 3.8) is 0 Å². The molecule has 1 atom stereocenters. The minimum absolute atomic E-state index is 0.0810. The van der Waals surface area contributed by atoms with Crippen LogP contribution in [0.15, 0.2) is 78.9 Å². The lowest BCUT2D eigenvalue weighted by molar-refractivity contribution is 0.0977. The van der Waals surface area contributed by atoms with Crippen LogP contribution < -0.4 is 20.1 Å². The number of benzene rings is 3. The van der Waals surface area contributed by atoms with Crippen LogP contribution in [0.4, 0.5) is 5.69 Å². The van der Waals surface area contributed by atoms with Crippen LogP contribution in [0.3, 0.4) is 0 Å². The molecule has 2 N–H and O–H groups in total. The topological polar surface area (TPSA) is 59.6 Å². The summed E-state index contributed by atoms with van der Waals surface area (Å²) in [6.45, 7) is 4.51. The molecule has 3 rings (SSSR count). The molecule has 3 aromatic carbocycles. The van der Waals surface area contributed by atoms with Crippen LogP contribution in [-0.2, 0) is 6.61 Å². The van der Waals surface area contributed by atoms with Gasteiger partial charge in [0, 0.05) is 17.3 Å². The molecule has 31 heavy (non-hydrogen) atoms. The zero-order valence-corrected chi connectivity index (χ0v) is 18.4. The van der Waals surface area contributed by atoms with E-state index in [4.69, 9.17) is 21.7 Å². The first-order valence-electron chi connectivity index (χ1n) is 10.2. The molecule has 5 nitrogen and oxygen atoms in total. The van der Waals surface area contributed by atoms with Crippen molar-refractivity contribution in [1.29, 1.82) is 0 Å². The van der Waals surface area contributed by atoms with Gasteiger partial charge in [0.05, 0.1) is 6.10 Å². The normalized spacial score (nSPS) is 11.3. The number of rotatable bonds is 8. The second-order valence-electron chi connectivity index (χ2n) is 7.07. The molecule has 0 radical (unpaired) electrons. The highest BCUT2D eigenvalue weighted by Crippen LogP contribution is 2.19. The fourth-order valence-electron chi connectivity index (χ4n) is 2.77. The minimum atomic E-state index is -0.302. The number of hydrogen-bond donors (Lipinski definition) is 2. The number of nitrogens with one attached hydrogen (secondary N) is 2. The van der Waals surface area contributed by atoms with Crippen molar-refractivity contribution < 1.29 is 14.3 Å². The van der Waals surface area contributed by atoms with Crippen LogP contribution in [0.25, 0.3) is 0 Å². The van der Waals surface area contributed by atoms with E-state index >= 15 is 0 Å². The van der Waals surface area contributed by atoms with E-state index in [0.29, 0.717) is 23.7 Å². The monoisotopic (exact) mass is 434 g/mol. The predicted octanol–water partition coefficient (Wildman–Crippen LogP) is 5.57. The summed E-state index contributed by atoms with van der Waals surface area (Å²) in [5.74, 6) is 1.06. The maximum absolute atomic E-state index is 12.6. The van der Waals surface area contributed by atoms with Gasteiger partial charge in [-0.2, -0.15) is 0 Å². The van der Waals surface area contributed by atoms with E-state index in [0.717, 1.165) is 17.7 Å². The number of carbonyl (C=O) groups excluding carboxylic acids is 1. The van der Waals surface area contributed by atoms with Crippen molar-refractivity contribution in [2.24, 2.45) is 0 Å². The summed E-state index contributed by atoms with van der Waals surface area (Å²) >= 11 is 5.30. The van der Waals surface area contributed by atoms with Crippen molar-refractivity contribution in [2.75, 3.05) is 5.32 Å². The standard InChI is InChI=1S/C25H26N2O3S/c1-3-18(2)30-23-14-7-11-20(15-23)24(28)27-25(31)26-21-12-8-13-22(16-21)29-17-19-9-5-4-6-10-19/h4-16,18H,3,17H2,1-2H3,(H2,26,27,28,31). The summed E-state index contributed by atoms with van der Waals surface area (Å²) < 4.78 is 11.6. The number of ether oxygens (including phenoxy) is 2. The Morgan fingerprint density at radius 1 is 0.968 bits per heavy atom. The first kappa shape index (κ1) is 22.3. The maximum atomic E-state index is 12.6. The summed E-state index contributed by atoms with van der Waals surface area (Å²) in [4.78, 5) is 12.6. The fourth-order valence-corrected chi connectivity index (χ4v) is 2.98. The Labute approximate surface area is 188 Å². The highest BCUT2D eigenvalue weighted by Gasteiger charge is 2.10. The van der Waals surface area contributed by atoms with Crippen LogP contribution in [0, 0.1) is 0 Å².